The molecule has 1 heterocycles. The molecule has 0 fully saturated rings. The van der Waals surface area contributed by atoms with E-state index in [-0.39, 0.29) is 33.1 Å². The summed E-state index contributed by atoms with van der Waals surface area (Å²) >= 11 is 0. The van der Waals surface area contributed by atoms with Crippen molar-refractivity contribution >= 4 is 21.6 Å². The van der Waals surface area contributed by atoms with E-state index in [1.54, 1.807) is 6.07 Å². The van der Waals surface area contributed by atoms with Gasteiger partial charge in [0.1, 0.15) is 12.4 Å². The van der Waals surface area contributed by atoms with Crippen molar-refractivity contribution in [1.82, 2.24) is 0 Å². The van der Waals surface area contributed by atoms with Gasteiger partial charge in [-0.2, -0.15) is 0 Å². The number of carbonyl (C=O) groups excluding carboxylic acids is 2. The molecule has 4 rings (SSSR count). The zero-order valence-electron chi connectivity index (χ0n) is 14.4. The summed E-state index contributed by atoms with van der Waals surface area (Å²) in [5.74, 6) is -1.56. The predicted molar refractivity (Wildman–Crippen MR) is 97.3 cm³/mol. The Morgan fingerprint density at radius 1 is 0.893 bits per heavy atom. The molecule has 0 saturated heterocycles. The summed E-state index contributed by atoms with van der Waals surface area (Å²) in [5, 5.41) is 0. The molecule has 0 saturated carbocycles. The van der Waals surface area contributed by atoms with Crippen molar-refractivity contribution in [3.8, 4) is 0 Å². The minimum Gasteiger partial charge on any atom is -0.457 e. The van der Waals surface area contributed by atoms with Crippen molar-refractivity contribution in [3.63, 3.8) is 0 Å². The molecular weight excluding hydrogens is 383 g/mol. The molecule has 1 aliphatic heterocycles. The maximum Gasteiger partial charge on any atom is 0.338 e. The van der Waals surface area contributed by atoms with E-state index < -0.39 is 27.4 Å². The molecule has 28 heavy (non-hydrogen) atoms. The summed E-state index contributed by atoms with van der Waals surface area (Å²) in [6.07, 6.45) is 0. The maximum absolute atomic E-state index is 12.9. The second kappa shape index (κ2) is 6.69. The number of halogens is 1. The quantitative estimate of drug-likeness (QED) is 0.495. The van der Waals surface area contributed by atoms with Gasteiger partial charge >= 0.3 is 5.97 Å². The van der Waals surface area contributed by atoms with Gasteiger partial charge in [-0.15, -0.1) is 0 Å². The zero-order valence-corrected chi connectivity index (χ0v) is 15.2. The number of sulfone groups is 1. The van der Waals surface area contributed by atoms with Gasteiger partial charge in [-0.25, -0.2) is 17.6 Å². The summed E-state index contributed by atoms with van der Waals surface area (Å²) < 4.78 is 43.9. The molecule has 3 aromatic rings. The summed E-state index contributed by atoms with van der Waals surface area (Å²) in [7, 11) is -3.93. The number of ether oxygens (including phenoxy) is 1. The molecule has 0 atom stereocenters. The molecule has 5 nitrogen and oxygen atoms in total. The van der Waals surface area contributed by atoms with E-state index in [9.17, 15) is 22.4 Å². The molecule has 0 aliphatic carbocycles. The largest absolute Gasteiger partial charge is 0.457 e. The summed E-state index contributed by atoms with van der Waals surface area (Å²) in [4.78, 5) is 24.6. The van der Waals surface area contributed by atoms with E-state index in [0.717, 1.165) is 6.07 Å². The van der Waals surface area contributed by atoms with E-state index in [0.29, 0.717) is 5.56 Å². The van der Waals surface area contributed by atoms with Gasteiger partial charge in [0.25, 0.3) is 0 Å². The lowest BCUT2D eigenvalue weighted by atomic mass is 10.0. The second-order valence-electron chi connectivity index (χ2n) is 6.24. The van der Waals surface area contributed by atoms with Gasteiger partial charge < -0.3 is 4.74 Å². The lowest BCUT2D eigenvalue weighted by Crippen LogP contribution is -2.21. The van der Waals surface area contributed by atoms with Crippen LogP contribution in [0.5, 0.6) is 0 Å². The molecule has 1 aliphatic rings. The number of hydrogen-bond donors (Lipinski definition) is 0. The van der Waals surface area contributed by atoms with E-state index in [1.165, 1.54) is 54.6 Å². The molecule has 0 spiro atoms. The van der Waals surface area contributed by atoms with Crippen molar-refractivity contribution in [2.24, 2.45) is 0 Å². The first kappa shape index (κ1) is 18.1. The van der Waals surface area contributed by atoms with Crippen LogP contribution in [0.1, 0.15) is 31.8 Å². The molecule has 3 aromatic carbocycles. The van der Waals surface area contributed by atoms with Crippen LogP contribution in [-0.2, 0) is 21.2 Å². The van der Waals surface area contributed by atoms with E-state index in [1.807, 2.05) is 0 Å². The molecule has 0 radical (unpaired) electrons. The van der Waals surface area contributed by atoms with Gasteiger partial charge in [-0.1, -0.05) is 24.3 Å². The number of hydrogen-bond acceptors (Lipinski definition) is 5. The van der Waals surface area contributed by atoms with Crippen LogP contribution >= 0.6 is 0 Å². The number of benzene rings is 3. The van der Waals surface area contributed by atoms with Crippen LogP contribution in [0.4, 0.5) is 4.39 Å². The highest BCUT2D eigenvalue weighted by Gasteiger charge is 2.35. The molecule has 0 bridgehead atoms. The summed E-state index contributed by atoms with van der Waals surface area (Å²) in [6.45, 7) is -0.0925. The number of ketones is 1. The molecule has 140 valence electrons. The fourth-order valence-electron chi connectivity index (χ4n) is 3.02. The predicted octanol–water partition coefficient (Wildman–Crippen LogP) is 3.56. The van der Waals surface area contributed by atoms with Crippen LogP contribution in [0.25, 0.3) is 0 Å². The van der Waals surface area contributed by atoms with Crippen LogP contribution in [0.3, 0.4) is 0 Å². The fraction of sp³-hybridized carbons (Fsp3) is 0.0476. The van der Waals surface area contributed by atoms with Crippen LogP contribution < -0.4 is 0 Å². The lowest BCUT2D eigenvalue weighted by molar-refractivity contribution is 0.0472. The number of carbonyl (C=O) groups is 2. The van der Waals surface area contributed by atoms with Crippen molar-refractivity contribution in [1.29, 1.82) is 0 Å². The van der Waals surface area contributed by atoms with Gasteiger partial charge in [0.05, 0.1) is 15.4 Å². The summed E-state index contributed by atoms with van der Waals surface area (Å²) in [6, 6.07) is 15.3. The van der Waals surface area contributed by atoms with E-state index in [4.69, 9.17) is 4.74 Å². The standard InChI is InChI=1S/C21H13FO5S/c22-15-8-5-13(6-9-15)12-27-21(24)14-7-10-17-19(11-14)28(25,26)18-4-2-1-3-16(18)20(17)23/h1-11H,12H2. The Morgan fingerprint density at radius 3 is 2.32 bits per heavy atom. The van der Waals surface area contributed by atoms with Crippen molar-refractivity contribution in [3.05, 3.63) is 94.8 Å². The highest BCUT2D eigenvalue weighted by molar-refractivity contribution is 7.91. The molecule has 7 heteroatoms. The van der Waals surface area contributed by atoms with Crippen molar-refractivity contribution < 1.29 is 27.1 Å². The zero-order chi connectivity index (χ0) is 19.9. The minimum atomic E-state index is -3.93. The lowest BCUT2D eigenvalue weighted by Gasteiger charge is -2.19. The van der Waals surface area contributed by atoms with Gasteiger partial charge in [0.2, 0.25) is 9.84 Å². The first-order valence-electron chi connectivity index (χ1n) is 8.32. The Kier molecular flexibility index (Phi) is 4.31. The Labute approximate surface area is 160 Å². The normalized spacial score (nSPS) is 14.1. The van der Waals surface area contributed by atoms with Crippen LogP contribution in [0.15, 0.2) is 76.5 Å². The Balaban J connectivity index is 1.65. The fourth-order valence-corrected chi connectivity index (χ4v) is 4.70. The van der Waals surface area contributed by atoms with Crippen molar-refractivity contribution in [2.75, 3.05) is 0 Å². The first-order valence-corrected chi connectivity index (χ1v) is 9.81. The van der Waals surface area contributed by atoms with E-state index in [2.05, 4.69) is 0 Å². The molecule has 0 N–H and O–H groups in total. The number of esters is 1. The van der Waals surface area contributed by atoms with Crippen LogP contribution in [0, 0.1) is 5.82 Å². The highest BCUT2D eigenvalue weighted by Crippen LogP contribution is 2.34. The number of rotatable bonds is 3. The molecule has 0 unspecified atom stereocenters. The monoisotopic (exact) mass is 396 g/mol. The average molecular weight is 396 g/mol. The minimum absolute atomic E-state index is 0.0108. The third-order valence-corrected chi connectivity index (χ3v) is 6.31. The van der Waals surface area contributed by atoms with E-state index >= 15 is 0 Å². The Bertz CT molecular complexity index is 1210. The summed E-state index contributed by atoms with van der Waals surface area (Å²) in [5.41, 5.74) is 0.733. The molecule has 0 aromatic heterocycles. The second-order valence-corrected chi connectivity index (χ2v) is 8.13. The van der Waals surface area contributed by atoms with Crippen LogP contribution in [0.2, 0.25) is 0 Å². The smallest absolute Gasteiger partial charge is 0.338 e. The SMILES string of the molecule is O=C(OCc1ccc(F)cc1)c1ccc2c(c1)S(=O)(=O)c1ccccc1C2=O. The van der Waals surface area contributed by atoms with Gasteiger partial charge in [-0.3, -0.25) is 4.79 Å². The highest BCUT2D eigenvalue weighted by atomic mass is 32.2. The molecular formula is C21H13FO5S. The maximum atomic E-state index is 12.9. The third kappa shape index (κ3) is 2.99. The van der Waals surface area contributed by atoms with Crippen molar-refractivity contribution in [2.45, 2.75) is 16.4 Å². The van der Waals surface area contributed by atoms with Gasteiger partial charge in [0, 0.05) is 11.1 Å². The number of fused-ring (bicyclic) bond motifs is 2. The third-order valence-electron chi connectivity index (χ3n) is 4.46. The first-order chi connectivity index (χ1) is 13.4. The Morgan fingerprint density at radius 2 is 1.57 bits per heavy atom. The van der Waals surface area contributed by atoms with Gasteiger partial charge in [-0.05, 0) is 48.0 Å². The average Bonchev–Trinajstić information content (AvgIpc) is 2.71. The topological polar surface area (TPSA) is 77.5 Å². The van der Waals surface area contributed by atoms with Crippen LogP contribution in [-0.4, -0.2) is 20.2 Å². The van der Waals surface area contributed by atoms with Gasteiger partial charge in [0.15, 0.2) is 5.78 Å². The Hall–Kier alpha value is -3.32. The molecule has 0 amide bonds.